The predicted molar refractivity (Wildman–Crippen MR) is 120 cm³/mol. The van der Waals surface area contributed by atoms with Crippen LogP contribution in [0.4, 0.5) is 5.69 Å². The van der Waals surface area contributed by atoms with Crippen molar-refractivity contribution >= 4 is 33.4 Å². The second-order valence-electron chi connectivity index (χ2n) is 6.61. The first kappa shape index (κ1) is 22.0. The largest absolute Gasteiger partial charge is 0.322 e. The Labute approximate surface area is 181 Å². The van der Waals surface area contributed by atoms with Gasteiger partial charge in [0.1, 0.15) is 0 Å². The number of hydrogen-bond donors (Lipinski definition) is 2. The maximum absolute atomic E-state index is 12.7. The van der Waals surface area contributed by atoms with E-state index in [-0.39, 0.29) is 17.3 Å². The summed E-state index contributed by atoms with van der Waals surface area (Å²) in [5.41, 5.74) is 2.81. The zero-order valence-corrected chi connectivity index (χ0v) is 18.4. The number of hydrogen-bond acceptors (Lipinski definition) is 5. The summed E-state index contributed by atoms with van der Waals surface area (Å²) < 4.78 is 26.9. The molecule has 0 bridgehead atoms. The van der Waals surface area contributed by atoms with Gasteiger partial charge >= 0.3 is 0 Å². The van der Waals surface area contributed by atoms with Gasteiger partial charge in [0.2, 0.25) is 10.0 Å². The molecule has 0 aliphatic heterocycles. The molecule has 30 heavy (non-hydrogen) atoms. The van der Waals surface area contributed by atoms with Crippen molar-refractivity contribution in [1.29, 1.82) is 0 Å². The fraction of sp³-hybridized carbons (Fsp3) is 0.182. The first-order chi connectivity index (χ1) is 14.4. The molecule has 0 unspecified atom stereocenters. The van der Waals surface area contributed by atoms with Crippen LogP contribution in [0.1, 0.15) is 28.4 Å². The number of benzene rings is 2. The van der Waals surface area contributed by atoms with Crippen LogP contribution in [0.2, 0.25) is 0 Å². The summed E-state index contributed by atoms with van der Waals surface area (Å²) >= 11 is 1.68. The van der Waals surface area contributed by atoms with Crippen molar-refractivity contribution in [1.82, 2.24) is 9.71 Å². The van der Waals surface area contributed by atoms with Crippen molar-refractivity contribution in [3.63, 3.8) is 0 Å². The maximum atomic E-state index is 12.7. The molecule has 156 valence electrons. The minimum atomic E-state index is -3.63. The molecule has 6 nitrogen and oxygen atoms in total. The van der Waals surface area contributed by atoms with Gasteiger partial charge in [-0.25, -0.2) is 13.1 Å². The first-order valence-corrected chi connectivity index (χ1v) is 11.9. The summed E-state index contributed by atoms with van der Waals surface area (Å²) in [6, 6.07) is 16.0. The maximum Gasteiger partial charge on any atom is 0.255 e. The Balaban J connectivity index is 1.68. The van der Waals surface area contributed by atoms with Gasteiger partial charge in [-0.15, -0.1) is 11.8 Å². The number of rotatable bonds is 8. The Kier molecular flexibility index (Phi) is 7.25. The van der Waals surface area contributed by atoms with Gasteiger partial charge in [0.05, 0.1) is 4.90 Å². The normalized spacial score (nSPS) is 11.3. The summed E-state index contributed by atoms with van der Waals surface area (Å²) in [4.78, 5) is 18.0. The molecule has 0 saturated heterocycles. The van der Waals surface area contributed by atoms with Crippen LogP contribution in [-0.2, 0) is 15.8 Å². The first-order valence-electron chi connectivity index (χ1n) is 9.42. The smallest absolute Gasteiger partial charge is 0.255 e. The lowest BCUT2D eigenvalue weighted by molar-refractivity contribution is 0.102. The Morgan fingerprint density at radius 1 is 1.10 bits per heavy atom. The third kappa shape index (κ3) is 5.69. The fourth-order valence-electron chi connectivity index (χ4n) is 2.77. The lowest BCUT2D eigenvalue weighted by atomic mass is 10.1. The molecule has 2 N–H and O–H groups in total. The lowest BCUT2D eigenvalue weighted by Crippen LogP contribution is -2.24. The van der Waals surface area contributed by atoms with Crippen LogP contribution in [0, 0.1) is 6.92 Å². The molecule has 1 aromatic heterocycles. The highest BCUT2D eigenvalue weighted by molar-refractivity contribution is 7.98. The van der Waals surface area contributed by atoms with Crippen molar-refractivity contribution in [2.24, 2.45) is 0 Å². The van der Waals surface area contributed by atoms with Crippen molar-refractivity contribution < 1.29 is 13.2 Å². The van der Waals surface area contributed by atoms with E-state index in [1.165, 1.54) is 12.1 Å². The Hall–Kier alpha value is -2.68. The van der Waals surface area contributed by atoms with E-state index in [0.29, 0.717) is 16.8 Å². The third-order valence-electron chi connectivity index (χ3n) is 4.34. The van der Waals surface area contributed by atoms with Crippen molar-refractivity contribution in [2.75, 3.05) is 11.9 Å². The van der Waals surface area contributed by atoms with Gasteiger partial charge in [-0.05, 0) is 60.5 Å². The van der Waals surface area contributed by atoms with Gasteiger partial charge in [0.25, 0.3) is 5.91 Å². The van der Waals surface area contributed by atoms with Gasteiger partial charge in [-0.1, -0.05) is 19.1 Å². The van der Waals surface area contributed by atoms with Gasteiger partial charge in [-0.2, -0.15) is 0 Å². The summed E-state index contributed by atoms with van der Waals surface area (Å²) in [6.45, 7) is 3.76. The number of nitrogens with one attached hydrogen (secondary N) is 2. The molecule has 1 amide bonds. The van der Waals surface area contributed by atoms with E-state index in [1.807, 2.05) is 42.6 Å². The molecule has 2 aromatic carbocycles. The van der Waals surface area contributed by atoms with Crippen LogP contribution in [0.25, 0.3) is 0 Å². The molecular weight excluding hydrogens is 418 g/mol. The van der Waals surface area contributed by atoms with Gasteiger partial charge in [-0.3, -0.25) is 9.78 Å². The second kappa shape index (κ2) is 9.88. The number of anilines is 1. The second-order valence-corrected chi connectivity index (χ2v) is 9.42. The number of thioether (sulfide) groups is 1. The number of sulfonamides is 1. The minimum Gasteiger partial charge on any atom is -0.322 e. The van der Waals surface area contributed by atoms with E-state index in [9.17, 15) is 13.2 Å². The molecule has 0 saturated carbocycles. The van der Waals surface area contributed by atoms with E-state index >= 15 is 0 Å². The molecule has 0 spiro atoms. The number of carbonyl (C=O) groups is 1. The highest BCUT2D eigenvalue weighted by Gasteiger charge is 2.17. The zero-order valence-electron chi connectivity index (χ0n) is 16.8. The standard InChI is InChI=1S/C22H23N3O3S2/c1-3-24-30(27,28)20-11-6-16(2)21(13-20)22(26)25-18-7-9-19(10-8-18)29-15-17-5-4-12-23-14-17/h4-14,24H,3,15H2,1-2H3,(H,25,26). The molecule has 0 radical (unpaired) electrons. The Morgan fingerprint density at radius 2 is 1.87 bits per heavy atom. The van der Waals surface area contributed by atoms with Crippen molar-refractivity contribution in [3.05, 3.63) is 83.7 Å². The number of amides is 1. The van der Waals surface area contributed by atoms with Gasteiger partial charge in [0, 0.05) is 40.8 Å². The minimum absolute atomic E-state index is 0.0715. The topological polar surface area (TPSA) is 88.2 Å². The van der Waals surface area contributed by atoms with Crippen LogP contribution in [0.15, 0.2) is 76.8 Å². The predicted octanol–water partition coefficient (Wildman–Crippen LogP) is 4.23. The van der Waals surface area contributed by atoms with Crippen molar-refractivity contribution in [2.45, 2.75) is 29.4 Å². The van der Waals surface area contributed by atoms with Crippen LogP contribution < -0.4 is 10.0 Å². The van der Waals surface area contributed by atoms with Crippen LogP contribution in [-0.4, -0.2) is 25.9 Å². The molecule has 0 atom stereocenters. The Bertz CT molecular complexity index is 1120. The molecule has 3 rings (SSSR count). The highest BCUT2D eigenvalue weighted by atomic mass is 32.2. The third-order valence-corrected chi connectivity index (χ3v) is 6.97. The number of nitrogens with zero attached hydrogens (tertiary/aromatic N) is 1. The molecule has 8 heteroatoms. The highest BCUT2D eigenvalue weighted by Crippen LogP contribution is 2.24. The fourth-order valence-corrected chi connectivity index (χ4v) is 4.67. The molecule has 1 heterocycles. The summed E-state index contributed by atoms with van der Waals surface area (Å²) in [5, 5.41) is 2.84. The van der Waals surface area contributed by atoms with E-state index in [1.54, 1.807) is 37.9 Å². The average molecular weight is 442 g/mol. The van der Waals surface area contributed by atoms with E-state index in [4.69, 9.17) is 0 Å². The molecular formula is C22H23N3O3S2. The molecule has 0 aliphatic carbocycles. The van der Waals surface area contributed by atoms with E-state index in [2.05, 4.69) is 15.0 Å². The quantitative estimate of drug-likeness (QED) is 0.511. The van der Waals surface area contributed by atoms with Crippen LogP contribution in [0.5, 0.6) is 0 Å². The number of aryl methyl sites for hydroxylation is 1. The summed E-state index contributed by atoms with van der Waals surface area (Å²) in [7, 11) is -3.63. The number of pyridine rings is 1. The van der Waals surface area contributed by atoms with Gasteiger partial charge in [0.15, 0.2) is 0 Å². The zero-order chi connectivity index (χ0) is 21.6. The van der Waals surface area contributed by atoms with Gasteiger partial charge < -0.3 is 5.32 Å². The molecule has 0 aliphatic rings. The molecule has 3 aromatic rings. The summed E-state index contributed by atoms with van der Waals surface area (Å²) in [5.74, 6) is 0.461. The van der Waals surface area contributed by atoms with E-state index in [0.717, 1.165) is 16.2 Å². The van der Waals surface area contributed by atoms with Crippen molar-refractivity contribution in [3.8, 4) is 0 Å². The Morgan fingerprint density at radius 3 is 2.53 bits per heavy atom. The average Bonchev–Trinajstić information content (AvgIpc) is 2.74. The number of aromatic nitrogens is 1. The van der Waals surface area contributed by atoms with Crippen LogP contribution >= 0.6 is 11.8 Å². The van der Waals surface area contributed by atoms with E-state index < -0.39 is 10.0 Å². The molecule has 0 fully saturated rings. The lowest BCUT2D eigenvalue weighted by Gasteiger charge is -2.11. The van der Waals surface area contributed by atoms with Crippen LogP contribution in [0.3, 0.4) is 0 Å². The SMILES string of the molecule is CCNS(=O)(=O)c1ccc(C)c(C(=O)Nc2ccc(SCc3cccnc3)cc2)c1. The number of carbonyl (C=O) groups excluding carboxylic acids is 1. The summed E-state index contributed by atoms with van der Waals surface area (Å²) in [6.07, 6.45) is 3.59. The monoisotopic (exact) mass is 441 g/mol.